The number of aryl methyl sites for hydroxylation is 1. The summed E-state index contributed by atoms with van der Waals surface area (Å²) < 4.78 is 5.94. The molecule has 2 aromatic heterocycles. The van der Waals surface area contributed by atoms with Crippen LogP contribution in [0.1, 0.15) is 5.56 Å². The van der Waals surface area contributed by atoms with Crippen LogP contribution in [0.15, 0.2) is 59.3 Å². The second kappa shape index (κ2) is 4.17. The van der Waals surface area contributed by atoms with Gasteiger partial charge in [-0.05, 0) is 36.8 Å². The molecule has 0 aliphatic heterocycles. The number of furan rings is 1. The normalized spacial score (nSPS) is 11.2. The lowest BCUT2D eigenvalue weighted by Crippen LogP contribution is -1.85. The molecular formula is C17H12N2O. The SMILES string of the molecule is Cc1cccc2oc3cc(-c4ncccn4)ccc3c12. The van der Waals surface area contributed by atoms with E-state index in [0.29, 0.717) is 5.82 Å². The molecular weight excluding hydrogens is 248 g/mol. The van der Waals surface area contributed by atoms with Gasteiger partial charge in [0.15, 0.2) is 5.82 Å². The maximum atomic E-state index is 5.94. The highest BCUT2D eigenvalue weighted by molar-refractivity contribution is 6.07. The Morgan fingerprint density at radius 1 is 0.900 bits per heavy atom. The molecule has 0 saturated heterocycles. The summed E-state index contributed by atoms with van der Waals surface area (Å²) in [6, 6.07) is 14.1. The molecule has 4 rings (SSSR count). The second-order valence-corrected chi connectivity index (χ2v) is 4.83. The number of hydrogen-bond donors (Lipinski definition) is 0. The minimum absolute atomic E-state index is 0.714. The fourth-order valence-corrected chi connectivity index (χ4v) is 2.59. The van der Waals surface area contributed by atoms with Crippen molar-refractivity contribution in [1.29, 1.82) is 0 Å². The van der Waals surface area contributed by atoms with Gasteiger partial charge in [0.2, 0.25) is 0 Å². The smallest absolute Gasteiger partial charge is 0.159 e. The first-order valence-corrected chi connectivity index (χ1v) is 6.52. The number of hydrogen-bond acceptors (Lipinski definition) is 3. The molecule has 4 aromatic rings. The van der Waals surface area contributed by atoms with Gasteiger partial charge in [0.25, 0.3) is 0 Å². The molecule has 3 nitrogen and oxygen atoms in total. The molecule has 0 aliphatic carbocycles. The summed E-state index contributed by atoms with van der Waals surface area (Å²) in [5.74, 6) is 0.714. The van der Waals surface area contributed by atoms with Gasteiger partial charge in [-0.15, -0.1) is 0 Å². The van der Waals surface area contributed by atoms with Crippen molar-refractivity contribution in [2.45, 2.75) is 6.92 Å². The van der Waals surface area contributed by atoms with Gasteiger partial charge in [-0.2, -0.15) is 0 Å². The maximum absolute atomic E-state index is 5.94. The van der Waals surface area contributed by atoms with Crippen LogP contribution >= 0.6 is 0 Å². The van der Waals surface area contributed by atoms with Crippen LogP contribution in [0.2, 0.25) is 0 Å². The standard InChI is InChI=1S/C17H12N2O/c1-11-4-2-5-14-16(11)13-7-6-12(10-15(13)20-14)17-18-8-3-9-19-17/h2-10H,1H3. The van der Waals surface area contributed by atoms with Crippen LogP contribution < -0.4 is 0 Å². The molecule has 0 atom stereocenters. The Bertz CT molecular complexity index is 910. The third-order valence-corrected chi connectivity index (χ3v) is 3.53. The summed E-state index contributed by atoms with van der Waals surface area (Å²) in [5, 5.41) is 2.32. The molecule has 2 heterocycles. The minimum Gasteiger partial charge on any atom is -0.456 e. The van der Waals surface area contributed by atoms with E-state index in [9.17, 15) is 0 Å². The van der Waals surface area contributed by atoms with Crippen LogP contribution in [0.4, 0.5) is 0 Å². The Morgan fingerprint density at radius 3 is 2.60 bits per heavy atom. The van der Waals surface area contributed by atoms with Crippen molar-refractivity contribution in [2.75, 3.05) is 0 Å². The van der Waals surface area contributed by atoms with E-state index < -0.39 is 0 Å². The van der Waals surface area contributed by atoms with Crippen molar-refractivity contribution in [2.24, 2.45) is 0 Å². The third-order valence-electron chi connectivity index (χ3n) is 3.53. The molecule has 0 bridgehead atoms. The number of rotatable bonds is 1. The summed E-state index contributed by atoms with van der Waals surface area (Å²) >= 11 is 0. The zero-order valence-corrected chi connectivity index (χ0v) is 11.0. The van der Waals surface area contributed by atoms with E-state index in [1.807, 2.05) is 30.3 Å². The molecule has 0 N–H and O–H groups in total. The number of nitrogens with zero attached hydrogens (tertiary/aromatic N) is 2. The van der Waals surface area contributed by atoms with Crippen LogP contribution in [0.3, 0.4) is 0 Å². The van der Waals surface area contributed by atoms with Crippen LogP contribution in [-0.2, 0) is 0 Å². The van der Waals surface area contributed by atoms with Crippen molar-refractivity contribution in [3.63, 3.8) is 0 Å². The molecule has 3 heteroatoms. The number of benzene rings is 2. The van der Waals surface area contributed by atoms with Gasteiger partial charge in [0, 0.05) is 28.7 Å². The van der Waals surface area contributed by atoms with Crippen molar-refractivity contribution < 1.29 is 4.42 Å². The highest BCUT2D eigenvalue weighted by Crippen LogP contribution is 2.32. The first-order chi connectivity index (χ1) is 9.83. The van der Waals surface area contributed by atoms with E-state index in [0.717, 1.165) is 22.1 Å². The molecule has 96 valence electrons. The third kappa shape index (κ3) is 1.60. The molecule has 0 saturated carbocycles. The lowest BCUT2D eigenvalue weighted by atomic mass is 10.1. The Balaban J connectivity index is 2.01. The molecule has 0 fully saturated rings. The molecule has 2 aromatic carbocycles. The first-order valence-electron chi connectivity index (χ1n) is 6.52. The monoisotopic (exact) mass is 260 g/mol. The van der Waals surface area contributed by atoms with Crippen LogP contribution in [0.25, 0.3) is 33.3 Å². The summed E-state index contributed by atoms with van der Waals surface area (Å²) in [6.07, 6.45) is 3.49. The van der Waals surface area contributed by atoms with E-state index in [1.54, 1.807) is 12.4 Å². The molecule has 0 spiro atoms. The zero-order chi connectivity index (χ0) is 13.5. The van der Waals surface area contributed by atoms with Gasteiger partial charge >= 0.3 is 0 Å². The fourth-order valence-electron chi connectivity index (χ4n) is 2.59. The highest BCUT2D eigenvalue weighted by atomic mass is 16.3. The van der Waals surface area contributed by atoms with Crippen molar-refractivity contribution in [1.82, 2.24) is 9.97 Å². The largest absolute Gasteiger partial charge is 0.456 e. The molecule has 0 radical (unpaired) electrons. The summed E-state index contributed by atoms with van der Waals surface area (Å²) in [4.78, 5) is 8.55. The van der Waals surface area contributed by atoms with Gasteiger partial charge < -0.3 is 4.42 Å². The van der Waals surface area contributed by atoms with Crippen molar-refractivity contribution >= 4 is 21.9 Å². The Hall–Kier alpha value is -2.68. The van der Waals surface area contributed by atoms with Crippen LogP contribution in [0, 0.1) is 6.92 Å². The Kier molecular flexibility index (Phi) is 2.33. The second-order valence-electron chi connectivity index (χ2n) is 4.83. The molecule has 20 heavy (non-hydrogen) atoms. The van der Waals surface area contributed by atoms with Gasteiger partial charge in [-0.25, -0.2) is 9.97 Å². The predicted octanol–water partition coefficient (Wildman–Crippen LogP) is 4.35. The topological polar surface area (TPSA) is 38.9 Å². The molecule has 0 amide bonds. The maximum Gasteiger partial charge on any atom is 0.159 e. The lowest BCUT2D eigenvalue weighted by Gasteiger charge is -1.99. The van der Waals surface area contributed by atoms with Crippen LogP contribution in [-0.4, -0.2) is 9.97 Å². The average molecular weight is 260 g/mol. The summed E-state index contributed by atoms with van der Waals surface area (Å²) in [6.45, 7) is 2.10. The van der Waals surface area contributed by atoms with Gasteiger partial charge in [-0.3, -0.25) is 0 Å². The van der Waals surface area contributed by atoms with E-state index in [4.69, 9.17) is 4.42 Å². The molecule has 0 unspecified atom stereocenters. The predicted molar refractivity (Wildman–Crippen MR) is 79.5 cm³/mol. The van der Waals surface area contributed by atoms with Crippen LogP contribution in [0.5, 0.6) is 0 Å². The van der Waals surface area contributed by atoms with E-state index in [2.05, 4.69) is 29.0 Å². The quantitative estimate of drug-likeness (QED) is 0.510. The van der Waals surface area contributed by atoms with Gasteiger partial charge in [0.1, 0.15) is 11.2 Å². The highest BCUT2D eigenvalue weighted by Gasteiger charge is 2.10. The van der Waals surface area contributed by atoms with Gasteiger partial charge in [-0.1, -0.05) is 18.2 Å². The van der Waals surface area contributed by atoms with E-state index >= 15 is 0 Å². The minimum atomic E-state index is 0.714. The Morgan fingerprint density at radius 2 is 1.75 bits per heavy atom. The van der Waals surface area contributed by atoms with E-state index in [-0.39, 0.29) is 0 Å². The number of fused-ring (bicyclic) bond motifs is 3. The van der Waals surface area contributed by atoms with Crippen molar-refractivity contribution in [3.05, 3.63) is 60.4 Å². The zero-order valence-electron chi connectivity index (χ0n) is 11.0. The fraction of sp³-hybridized carbons (Fsp3) is 0.0588. The van der Waals surface area contributed by atoms with E-state index in [1.165, 1.54) is 10.9 Å². The van der Waals surface area contributed by atoms with Gasteiger partial charge in [0.05, 0.1) is 0 Å². The van der Waals surface area contributed by atoms with Crippen molar-refractivity contribution in [3.8, 4) is 11.4 Å². The summed E-state index contributed by atoms with van der Waals surface area (Å²) in [5.41, 5.74) is 3.99. The average Bonchev–Trinajstić information content (AvgIpc) is 2.87. The lowest BCUT2D eigenvalue weighted by molar-refractivity contribution is 0.669. The Labute approximate surface area is 115 Å². The molecule has 0 aliphatic rings. The number of aromatic nitrogens is 2. The summed E-state index contributed by atoms with van der Waals surface area (Å²) in [7, 11) is 0. The first kappa shape index (κ1) is 11.2.